The number of hydrogen-bond acceptors (Lipinski definition) is 3. The van der Waals surface area contributed by atoms with Gasteiger partial charge in [-0.2, -0.15) is 0 Å². The zero-order valence-electron chi connectivity index (χ0n) is 10.2. The average Bonchev–Trinajstić information content (AvgIpc) is 2.82. The van der Waals surface area contributed by atoms with Crippen molar-refractivity contribution in [2.24, 2.45) is 0 Å². The summed E-state index contributed by atoms with van der Waals surface area (Å²) in [6, 6.07) is 6.66. The van der Waals surface area contributed by atoms with Crippen LogP contribution in [0.15, 0.2) is 23.6 Å². The van der Waals surface area contributed by atoms with Gasteiger partial charge in [-0.3, -0.25) is 0 Å². The van der Waals surface area contributed by atoms with Gasteiger partial charge in [0.25, 0.3) is 0 Å². The smallest absolute Gasteiger partial charge is 0.0554 e. The third-order valence-electron chi connectivity index (χ3n) is 3.54. The molecule has 1 aliphatic heterocycles. The predicted molar refractivity (Wildman–Crippen MR) is 77.4 cm³/mol. The number of piperidine rings is 1. The van der Waals surface area contributed by atoms with E-state index in [1.54, 1.807) is 0 Å². The van der Waals surface area contributed by atoms with E-state index in [1.807, 2.05) is 18.4 Å². The van der Waals surface area contributed by atoms with Crippen molar-refractivity contribution in [1.29, 1.82) is 0 Å². The Bertz CT molecular complexity index is 512. The topological polar surface area (TPSA) is 15.3 Å². The van der Waals surface area contributed by atoms with Gasteiger partial charge >= 0.3 is 0 Å². The highest BCUT2D eigenvalue weighted by molar-refractivity contribution is 7.17. The van der Waals surface area contributed by atoms with Crippen molar-refractivity contribution in [2.75, 3.05) is 30.4 Å². The SMILES string of the molecule is CNc1ccc2c(N3CCCCC3)csc2c1. The molecule has 0 amide bonds. The van der Waals surface area contributed by atoms with Gasteiger partial charge in [0.1, 0.15) is 0 Å². The van der Waals surface area contributed by atoms with Gasteiger partial charge in [0, 0.05) is 41.3 Å². The van der Waals surface area contributed by atoms with Crippen molar-refractivity contribution < 1.29 is 0 Å². The molecule has 0 saturated carbocycles. The van der Waals surface area contributed by atoms with E-state index in [1.165, 1.54) is 53.8 Å². The fraction of sp³-hybridized carbons (Fsp3) is 0.429. The van der Waals surface area contributed by atoms with Crippen molar-refractivity contribution in [2.45, 2.75) is 19.3 Å². The highest BCUT2D eigenvalue weighted by Crippen LogP contribution is 2.35. The van der Waals surface area contributed by atoms with Gasteiger partial charge in [0.15, 0.2) is 0 Å². The maximum absolute atomic E-state index is 3.20. The summed E-state index contributed by atoms with van der Waals surface area (Å²) in [6.07, 6.45) is 4.07. The molecule has 2 heterocycles. The van der Waals surface area contributed by atoms with Crippen LogP contribution in [0, 0.1) is 0 Å². The van der Waals surface area contributed by atoms with Crippen LogP contribution in [0.1, 0.15) is 19.3 Å². The van der Waals surface area contributed by atoms with Crippen molar-refractivity contribution in [3.05, 3.63) is 23.6 Å². The Kier molecular flexibility index (Phi) is 2.93. The summed E-state index contributed by atoms with van der Waals surface area (Å²) in [7, 11) is 1.97. The maximum atomic E-state index is 3.20. The molecule has 90 valence electrons. The van der Waals surface area contributed by atoms with Gasteiger partial charge in [-0.15, -0.1) is 11.3 Å². The van der Waals surface area contributed by atoms with Crippen LogP contribution in [0.25, 0.3) is 10.1 Å². The average molecular weight is 246 g/mol. The number of nitrogens with one attached hydrogen (secondary N) is 1. The van der Waals surface area contributed by atoms with Crippen molar-refractivity contribution >= 4 is 32.8 Å². The van der Waals surface area contributed by atoms with Crippen LogP contribution >= 0.6 is 11.3 Å². The molecule has 0 aliphatic carbocycles. The number of benzene rings is 1. The Labute approximate surface area is 106 Å². The standard InChI is InChI=1S/C14H18N2S/c1-15-11-5-6-12-13(10-17-14(12)9-11)16-7-3-2-4-8-16/h5-6,9-10,15H,2-4,7-8H2,1H3. The number of hydrogen-bond donors (Lipinski definition) is 1. The molecule has 1 aromatic heterocycles. The third kappa shape index (κ3) is 2.00. The Balaban J connectivity index is 1.99. The molecular weight excluding hydrogens is 228 g/mol. The van der Waals surface area contributed by atoms with Crippen molar-refractivity contribution in [3.8, 4) is 0 Å². The zero-order valence-corrected chi connectivity index (χ0v) is 11.0. The van der Waals surface area contributed by atoms with Crippen LogP contribution in [0.4, 0.5) is 11.4 Å². The zero-order chi connectivity index (χ0) is 11.7. The fourth-order valence-electron chi connectivity index (χ4n) is 2.55. The second-order valence-electron chi connectivity index (χ2n) is 4.63. The first kappa shape index (κ1) is 10.9. The fourth-order valence-corrected chi connectivity index (χ4v) is 3.56. The summed E-state index contributed by atoms with van der Waals surface area (Å²) in [6.45, 7) is 2.44. The maximum Gasteiger partial charge on any atom is 0.0554 e. The van der Waals surface area contributed by atoms with E-state index < -0.39 is 0 Å². The normalized spacial score (nSPS) is 16.4. The Morgan fingerprint density at radius 3 is 2.76 bits per heavy atom. The molecule has 2 aromatic rings. The molecule has 0 atom stereocenters. The molecule has 1 fully saturated rings. The molecule has 0 unspecified atom stereocenters. The number of fused-ring (bicyclic) bond motifs is 1. The molecule has 0 radical (unpaired) electrons. The summed E-state index contributed by atoms with van der Waals surface area (Å²) in [5.41, 5.74) is 2.64. The van der Waals surface area contributed by atoms with Crippen LogP contribution in [-0.4, -0.2) is 20.1 Å². The molecule has 0 bridgehead atoms. The highest BCUT2D eigenvalue weighted by atomic mass is 32.1. The Hall–Kier alpha value is -1.22. The first-order valence-electron chi connectivity index (χ1n) is 6.32. The first-order valence-corrected chi connectivity index (χ1v) is 7.20. The lowest BCUT2D eigenvalue weighted by atomic mass is 10.1. The van der Waals surface area contributed by atoms with Gasteiger partial charge in [0.05, 0.1) is 5.69 Å². The second kappa shape index (κ2) is 4.57. The summed E-state index contributed by atoms with van der Waals surface area (Å²) in [4.78, 5) is 2.54. The minimum absolute atomic E-state index is 1.20. The molecule has 2 nitrogen and oxygen atoms in total. The lowest BCUT2D eigenvalue weighted by Gasteiger charge is -2.28. The molecular formula is C14H18N2S. The lowest BCUT2D eigenvalue weighted by Crippen LogP contribution is -2.28. The molecule has 3 heteroatoms. The Morgan fingerprint density at radius 1 is 1.18 bits per heavy atom. The largest absolute Gasteiger partial charge is 0.388 e. The van der Waals surface area contributed by atoms with Crippen molar-refractivity contribution in [3.63, 3.8) is 0 Å². The second-order valence-corrected chi connectivity index (χ2v) is 5.54. The predicted octanol–water partition coefficient (Wildman–Crippen LogP) is 3.93. The highest BCUT2D eigenvalue weighted by Gasteiger charge is 2.14. The van der Waals surface area contributed by atoms with Crippen LogP contribution in [0.5, 0.6) is 0 Å². The van der Waals surface area contributed by atoms with E-state index in [4.69, 9.17) is 0 Å². The number of rotatable bonds is 2. The van der Waals surface area contributed by atoms with Gasteiger partial charge in [0.2, 0.25) is 0 Å². The molecule has 0 spiro atoms. The molecule has 17 heavy (non-hydrogen) atoms. The van der Waals surface area contributed by atoms with Crippen LogP contribution in [0.2, 0.25) is 0 Å². The van der Waals surface area contributed by atoms with E-state index in [2.05, 4.69) is 33.8 Å². The van der Waals surface area contributed by atoms with E-state index in [9.17, 15) is 0 Å². The van der Waals surface area contributed by atoms with Crippen LogP contribution in [0.3, 0.4) is 0 Å². The molecule has 1 N–H and O–H groups in total. The van der Waals surface area contributed by atoms with Crippen molar-refractivity contribution in [1.82, 2.24) is 0 Å². The lowest BCUT2D eigenvalue weighted by molar-refractivity contribution is 0.579. The molecule has 3 rings (SSSR count). The minimum atomic E-state index is 1.20. The number of nitrogens with zero attached hydrogens (tertiary/aromatic N) is 1. The molecule has 1 aromatic carbocycles. The summed E-state index contributed by atoms with van der Waals surface area (Å²) in [5, 5.41) is 6.93. The third-order valence-corrected chi connectivity index (χ3v) is 4.47. The van der Waals surface area contributed by atoms with Gasteiger partial charge in [-0.05, 0) is 37.5 Å². The quantitative estimate of drug-likeness (QED) is 0.863. The summed E-state index contributed by atoms with van der Waals surface area (Å²) in [5.74, 6) is 0. The van der Waals surface area contributed by atoms with E-state index in [-0.39, 0.29) is 0 Å². The van der Waals surface area contributed by atoms with E-state index in [0.717, 1.165) is 0 Å². The minimum Gasteiger partial charge on any atom is -0.388 e. The summed E-state index contributed by atoms with van der Waals surface area (Å²) < 4.78 is 1.39. The molecule has 1 aliphatic rings. The summed E-state index contributed by atoms with van der Waals surface area (Å²) >= 11 is 1.86. The monoisotopic (exact) mass is 246 g/mol. The first-order chi connectivity index (χ1) is 8.38. The van der Waals surface area contributed by atoms with Gasteiger partial charge < -0.3 is 10.2 Å². The van der Waals surface area contributed by atoms with Crippen LogP contribution < -0.4 is 10.2 Å². The van der Waals surface area contributed by atoms with E-state index in [0.29, 0.717) is 0 Å². The van der Waals surface area contributed by atoms with Gasteiger partial charge in [-0.25, -0.2) is 0 Å². The Morgan fingerprint density at radius 2 is 2.00 bits per heavy atom. The van der Waals surface area contributed by atoms with Gasteiger partial charge in [-0.1, -0.05) is 0 Å². The van der Waals surface area contributed by atoms with E-state index >= 15 is 0 Å². The number of anilines is 2. The van der Waals surface area contributed by atoms with Crippen LogP contribution in [-0.2, 0) is 0 Å². The number of thiophene rings is 1. The molecule has 1 saturated heterocycles.